The van der Waals surface area contributed by atoms with E-state index in [0.29, 0.717) is 28.5 Å². The summed E-state index contributed by atoms with van der Waals surface area (Å²) in [6.45, 7) is 2.57. The average molecular weight is 1710 g/mol. The number of nitrogens with one attached hydrogen (secondary N) is 8. The summed E-state index contributed by atoms with van der Waals surface area (Å²) in [6, 6.07) is 0.100. The molecular weight excluding hydrogens is 1600 g/mol. The first kappa shape index (κ1) is 96.3. The second-order valence-corrected chi connectivity index (χ2v) is 33.7. The number of phenols is 1. The molecule has 4 aliphatic rings. The number of aromatic amines is 1. The van der Waals surface area contributed by atoms with Crippen molar-refractivity contribution in [2.45, 2.75) is 229 Å². The summed E-state index contributed by atoms with van der Waals surface area (Å²) < 4.78 is 1.32. The lowest BCUT2D eigenvalue weighted by Gasteiger charge is -2.30. The van der Waals surface area contributed by atoms with Crippen LogP contribution in [0.2, 0.25) is 0 Å². The Kier molecular flexibility index (Phi) is 38.9. The van der Waals surface area contributed by atoms with Gasteiger partial charge in [-0.3, -0.25) is 76.7 Å². The third-order valence-corrected chi connectivity index (χ3v) is 24.2. The summed E-state index contributed by atoms with van der Waals surface area (Å²) in [6.07, 6.45) is -4.92. The van der Waals surface area contributed by atoms with Gasteiger partial charge in [-0.15, -0.1) is 4.68 Å². The lowest BCUT2D eigenvalue weighted by molar-refractivity contribution is -0.532. The van der Waals surface area contributed by atoms with Gasteiger partial charge in [0.25, 0.3) is 0 Å². The van der Waals surface area contributed by atoms with E-state index in [1.54, 1.807) is 30.5 Å². The van der Waals surface area contributed by atoms with E-state index in [-0.39, 0.29) is 127 Å². The number of aliphatic hydroxyl groups is 1. The molecule has 5 heterocycles. The van der Waals surface area contributed by atoms with Crippen molar-refractivity contribution in [1.29, 1.82) is 0 Å². The number of H-pyrrole nitrogens is 1. The Morgan fingerprint density at radius 1 is 0.667 bits per heavy atom. The number of aromatic nitrogens is 1. The van der Waals surface area contributed by atoms with E-state index < -0.39 is 254 Å². The number of nitrogens with two attached hydrogens (primary N) is 3. The highest BCUT2D eigenvalue weighted by molar-refractivity contribution is 8.76. The number of carbonyl (C=O) groups is 18. The molecule has 14 atom stereocenters. The number of fused-ring (bicyclic) bond motifs is 11. The molecule has 654 valence electrons. The number of nitrogens with zero attached hydrogens (tertiary/aromatic N) is 4. The normalized spacial score (nSPS) is 24.5. The van der Waals surface area contributed by atoms with Crippen LogP contribution in [-0.4, -0.2) is 233 Å². The van der Waals surface area contributed by atoms with Crippen LogP contribution in [0.15, 0.2) is 65.1 Å². The molecule has 2 saturated heterocycles. The number of aromatic hydroxyl groups is 1. The molecule has 0 aliphatic carbocycles. The molecule has 120 heavy (non-hydrogen) atoms. The number of carboxylic acid groups (broad SMARTS) is 2. The maximum absolute atomic E-state index is 15.6. The highest BCUT2D eigenvalue weighted by Crippen LogP contribution is 2.32. The molecule has 2 fully saturated rings. The third-order valence-electron chi connectivity index (χ3n) is 21.8. The van der Waals surface area contributed by atoms with Crippen molar-refractivity contribution in [3.63, 3.8) is 0 Å². The largest absolute Gasteiger partial charge is 0.508 e. The number of carboxylic acids is 2. The minimum atomic E-state index is -1.90. The number of amides is 11. The fourth-order valence-corrected chi connectivity index (χ4v) is 17.5. The molecule has 4 aliphatic heterocycles. The molecule has 0 radical (unpaired) electrons. The van der Waals surface area contributed by atoms with E-state index in [1.807, 2.05) is 6.92 Å². The molecule has 0 saturated carbocycles. The Labute approximate surface area is 701 Å². The lowest BCUT2D eigenvalue weighted by Crippen LogP contribution is -2.52. The number of unbranched alkanes of at least 4 members (excludes halogenated alkanes) is 2. The second kappa shape index (κ2) is 48.4. The number of benzene rings is 2. The maximum atomic E-state index is 15.6. The Morgan fingerprint density at radius 3 is 1.97 bits per heavy atom. The molecule has 4 bridgehead atoms. The van der Waals surface area contributed by atoms with Gasteiger partial charge in [-0.25, -0.2) is 9.59 Å². The number of Topliss-reactive ketones (excluding diaryl/α,β-unsaturated/α-hetero) is 7. The first-order valence-corrected chi connectivity index (χ1v) is 43.2. The van der Waals surface area contributed by atoms with Crippen LogP contribution in [-0.2, 0) is 89.6 Å². The van der Waals surface area contributed by atoms with Crippen molar-refractivity contribution in [1.82, 2.24) is 47.1 Å². The molecule has 11 amide bonds. The van der Waals surface area contributed by atoms with Gasteiger partial charge >= 0.3 is 24.0 Å². The van der Waals surface area contributed by atoms with Crippen molar-refractivity contribution >= 4 is 145 Å². The third kappa shape index (κ3) is 31.4. The van der Waals surface area contributed by atoms with Gasteiger partial charge in [-0.05, 0) is 107 Å². The molecule has 1 aromatic heterocycles. The lowest BCUT2D eigenvalue weighted by atomic mass is 9.88. The number of hydrogen-bond acceptors (Lipinski definition) is 24. The van der Waals surface area contributed by atoms with Gasteiger partial charge in [0.15, 0.2) is 34.7 Å². The quantitative estimate of drug-likeness (QED) is 0.0259. The summed E-state index contributed by atoms with van der Waals surface area (Å²) in [5.74, 6) is -24.6. The molecule has 1 unspecified atom stereocenters. The number of aliphatic carboxylic acids is 2. The molecule has 3 aromatic rings. The Balaban J connectivity index is 1.41. The van der Waals surface area contributed by atoms with Gasteiger partial charge < -0.3 is 84.7 Å². The molecule has 37 nitrogen and oxygen atoms in total. The van der Waals surface area contributed by atoms with E-state index in [1.165, 1.54) is 35.2 Å². The number of phenolic OH excluding ortho intramolecular Hbond substituents is 1. The van der Waals surface area contributed by atoms with Crippen LogP contribution in [0.5, 0.6) is 5.75 Å². The van der Waals surface area contributed by atoms with Crippen LogP contribution in [0, 0.1) is 35.5 Å². The van der Waals surface area contributed by atoms with E-state index in [0.717, 1.165) is 46.3 Å². The minimum Gasteiger partial charge on any atom is -0.508 e. The zero-order chi connectivity index (χ0) is 87.7. The topological polar surface area (TPSA) is 597 Å². The maximum Gasteiger partial charge on any atom is 0.312 e. The fourth-order valence-electron chi connectivity index (χ4n) is 15.1. The molecule has 2 aromatic carbocycles. The van der Waals surface area contributed by atoms with Crippen LogP contribution in [0.1, 0.15) is 179 Å². The molecule has 39 heteroatoms. The van der Waals surface area contributed by atoms with Crippen molar-refractivity contribution in [3.05, 3.63) is 65.9 Å². The Hall–Kier alpha value is -10.8. The van der Waals surface area contributed by atoms with Gasteiger partial charge in [-0.2, -0.15) is 0 Å². The van der Waals surface area contributed by atoms with Crippen molar-refractivity contribution in [2.24, 2.45) is 63.0 Å². The zero-order valence-electron chi connectivity index (χ0n) is 67.5. The van der Waals surface area contributed by atoms with Crippen molar-refractivity contribution in [2.75, 3.05) is 37.7 Å². The van der Waals surface area contributed by atoms with Gasteiger partial charge in [0, 0.05) is 154 Å². The van der Waals surface area contributed by atoms with Gasteiger partial charge in [0.1, 0.15) is 35.6 Å². The summed E-state index contributed by atoms with van der Waals surface area (Å²) >= 11 is 0. The number of carbonyl (C=O) groups excluding carboxylic acids is 16. The molecule has 18 N–H and O–H groups in total. The zero-order valence-corrected chi connectivity index (χ0v) is 69.1. The van der Waals surface area contributed by atoms with E-state index in [4.69, 9.17) is 17.2 Å². The number of urea groups is 2. The monoisotopic (exact) mass is 1710 g/mol. The van der Waals surface area contributed by atoms with Crippen LogP contribution >= 0.6 is 21.6 Å². The smallest absolute Gasteiger partial charge is 0.312 e. The predicted octanol–water partition coefficient (Wildman–Crippen LogP) is 2.97. The number of primary amides is 3. The van der Waals surface area contributed by atoms with Crippen LogP contribution < -0.4 is 54.4 Å². The first-order chi connectivity index (χ1) is 57.2. The van der Waals surface area contributed by atoms with Gasteiger partial charge in [0.05, 0.1) is 54.6 Å². The number of para-hydroxylation sites is 1. The SMILES string of the molecule is CCCCCC(=O)CCC(=O)N[C@H]1CSSC[C@@H]2NC(=O)[C@H](CCCNC(N)=O)CC(=O)[C@@H]3CCCN3C(=O)[C@H](CC(=O)O)CC(=O)[C@H]([C@@H](C)O)NC(=O)[C@@H](CC1=O)CC1C=[N+](CCC[C@@H](C(=O)C[C@H](Cc3ccc(O)cc3)C(=O)O)NC(=O)[C@H](CCC(N)=O)CC(=O)[C@H](Cc3c[nH]c4ccccc34)NC(=O)[C@H](CCCNC(N)=O)CC2=O)N=N1. The van der Waals surface area contributed by atoms with Crippen LogP contribution in [0.3, 0.4) is 0 Å². The van der Waals surface area contributed by atoms with Gasteiger partial charge in [-0.1, -0.05) is 71.7 Å². The summed E-state index contributed by atoms with van der Waals surface area (Å²) in [5.41, 5.74) is 18.1. The minimum absolute atomic E-state index is 0.00609. The fraction of sp³-hybridized carbons (Fsp3) is 0.593. The summed E-state index contributed by atoms with van der Waals surface area (Å²) in [5, 5.41) is 69.8. The van der Waals surface area contributed by atoms with E-state index >= 15 is 33.6 Å². The predicted molar refractivity (Wildman–Crippen MR) is 438 cm³/mol. The van der Waals surface area contributed by atoms with Gasteiger partial charge in [0.2, 0.25) is 47.4 Å². The van der Waals surface area contributed by atoms with E-state index in [2.05, 4.69) is 52.5 Å². The number of aliphatic hydroxyl groups excluding tert-OH is 1. The molecule has 0 spiro atoms. The summed E-state index contributed by atoms with van der Waals surface area (Å²) in [7, 11) is 1.81. The van der Waals surface area contributed by atoms with Crippen LogP contribution in [0.4, 0.5) is 9.59 Å². The number of rotatable bonds is 30. The number of ketones is 7. The van der Waals surface area contributed by atoms with Crippen molar-refractivity contribution in [3.8, 4) is 5.75 Å². The second-order valence-electron chi connectivity index (χ2n) is 31.2. The Bertz CT molecular complexity index is 4270. The van der Waals surface area contributed by atoms with E-state index in [9.17, 15) is 73.2 Å². The highest BCUT2D eigenvalue weighted by atomic mass is 33.1. The Morgan fingerprint density at radius 2 is 1.31 bits per heavy atom. The van der Waals surface area contributed by atoms with Crippen molar-refractivity contribution < 1.29 is 111 Å². The standard InChI is InChI=1S/C81H111N15O22S2/c1-3-4-5-14-55(98)24-26-71(107)88-61-43-119-120-44-62-66(102)34-47(12-8-27-85-80(83)117)74(110)90-60(33-53-41-87-58-16-7-6-15-57(53)58)65(101)35-49(21-25-70(82)106)76(112)89-59(64(100)39-52(79(115)116)31-46-19-22-56(99)23-20-46)17-10-29-95-42-54(93-94-95)32-50(37-67(61)103)77(113)92-73(45(2)97)69(105)38-51(40-72(108)109)78(114)96-30-11-18-63(96)68(104)36-48(75(111)91-62)13-9-28-86-81(84)118/h6-7,15-16,19-20,22-23,41-42,45,47-52,54,59-63,73,87,97H,3-5,8-14,17-18,21,24-40,43-44H2,1-2H3,(H15-,82,83,84,85,86,88,89,90,91,92,99,106,107,108,109,110,111,112,113,115,116,117,118)/p+1/t45-,47-,48-,49-,50-,51+,52+,54?,59+,60+,61+,62+,63+,73+/m1/s1. The van der Waals surface area contributed by atoms with Crippen LogP contribution in [0.25, 0.3) is 10.9 Å². The molecule has 7 rings (SSSR count). The highest BCUT2D eigenvalue weighted by Gasteiger charge is 2.44. The average Bonchev–Trinajstić information content (AvgIpc) is 1.65. The summed E-state index contributed by atoms with van der Waals surface area (Å²) in [4.78, 5) is 260. The molecular formula is C81H112N15O22S2+. The number of hydrogen-bond donors (Lipinski definition) is 15. The first-order valence-electron chi connectivity index (χ1n) is 40.7.